The summed E-state index contributed by atoms with van der Waals surface area (Å²) in [7, 11) is 0. The SMILES string of the molecule is Cc1ccc(C(=O)N=C2Cc3cnc(OCCn4cncn4)cc3N2C2CCC(C(=O)NC(C)C)CC2)cc1. The molecule has 3 heterocycles. The van der Waals surface area contributed by atoms with Crippen LogP contribution in [0.1, 0.15) is 61.0 Å². The van der Waals surface area contributed by atoms with Gasteiger partial charge in [0.05, 0.1) is 12.2 Å². The van der Waals surface area contributed by atoms with E-state index < -0.39 is 0 Å². The van der Waals surface area contributed by atoms with Crippen molar-refractivity contribution in [2.24, 2.45) is 10.9 Å². The molecule has 3 aromatic rings. The van der Waals surface area contributed by atoms with Crippen LogP contribution in [-0.4, -0.2) is 56.1 Å². The van der Waals surface area contributed by atoms with Gasteiger partial charge in [-0.2, -0.15) is 10.1 Å². The Bertz CT molecular complexity index is 1330. The van der Waals surface area contributed by atoms with E-state index in [1.165, 1.54) is 6.33 Å². The van der Waals surface area contributed by atoms with Crippen LogP contribution in [0.5, 0.6) is 5.88 Å². The summed E-state index contributed by atoms with van der Waals surface area (Å²) in [5.41, 5.74) is 3.63. The van der Waals surface area contributed by atoms with Gasteiger partial charge in [0.2, 0.25) is 11.8 Å². The molecule has 0 unspecified atom stereocenters. The molecule has 1 aliphatic heterocycles. The van der Waals surface area contributed by atoms with Gasteiger partial charge >= 0.3 is 0 Å². The maximum absolute atomic E-state index is 13.1. The fraction of sp³-hybridized carbons (Fsp3) is 0.448. The minimum Gasteiger partial charge on any atom is -0.476 e. The van der Waals surface area contributed by atoms with Crippen LogP contribution in [0.25, 0.3) is 0 Å². The zero-order chi connectivity index (χ0) is 27.4. The molecule has 2 aliphatic rings. The lowest BCUT2D eigenvalue weighted by Crippen LogP contribution is -2.44. The Morgan fingerprint density at radius 2 is 1.92 bits per heavy atom. The molecule has 5 rings (SSSR count). The van der Waals surface area contributed by atoms with Gasteiger partial charge in [-0.25, -0.2) is 14.6 Å². The van der Waals surface area contributed by atoms with E-state index in [1.54, 1.807) is 11.0 Å². The molecule has 0 saturated heterocycles. The number of hydrogen-bond donors (Lipinski definition) is 1. The lowest BCUT2D eigenvalue weighted by Gasteiger charge is -2.36. The predicted octanol–water partition coefficient (Wildman–Crippen LogP) is 3.75. The van der Waals surface area contributed by atoms with Gasteiger partial charge in [-0.05, 0) is 58.6 Å². The first kappa shape index (κ1) is 26.5. The van der Waals surface area contributed by atoms with E-state index in [4.69, 9.17) is 4.74 Å². The van der Waals surface area contributed by atoms with Crippen molar-refractivity contribution >= 4 is 23.3 Å². The van der Waals surface area contributed by atoms with Gasteiger partial charge in [-0.1, -0.05) is 17.7 Å². The van der Waals surface area contributed by atoms with Gasteiger partial charge in [0.25, 0.3) is 5.91 Å². The fourth-order valence-corrected chi connectivity index (χ4v) is 5.26. The van der Waals surface area contributed by atoms with E-state index in [0.717, 1.165) is 42.5 Å². The second-order valence-electron chi connectivity index (χ2n) is 10.6. The average Bonchev–Trinajstić information content (AvgIpc) is 3.56. The first-order chi connectivity index (χ1) is 18.9. The Hall–Kier alpha value is -4.08. The van der Waals surface area contributed by atoms with Crippen molar-refractivity contribution in [3.05, 3.63) is 65.9 Å². The Kier molecular flexibility index (Phi) is 7.99. The van der Waals surface area contributed by atoms with Gasteiger partial charge < -0.3 is 15.0 Å². The summed E-state index contributed by atoms with van der Waals surface area (Å²) in [4.78, 5) is 41.0. The van der Waals surface area contributed by atoms with Gasteiger partial charge in [-0.3, -0.25) is 9.59 Å². The number of anilines is 1. The summed E-state index contributed by atoms with van der Waals surface area (Å²) in [6, 6.07) is 9.67. The second-order valence-corrected chi connectivity index (χ2v) is 10.6. The van der Waals surface area contributed by atoms with Crippen molar-refractivity contribution < 1.29 is 14.3 Å². The number of rotatable bonds is 8. The number of nitrogens with zero attached hydrogens (tertiary/aromatic N) is 6. The van der Waals surface area contributed by atoms with Gasteiger partial charge in [0.1, 0.15) is 25.1 Å². The van der Waals surface area contributed by atoms with Gasteiger partial charge in [-0.15, -0.1) is 0 Å². The van der Waals surface area contributed by atoms with Crippen LogP contribution in [0.15, 0.2) is 54.2 Å². The lowest BCUT2D eigenvalue weighted by molar-refractivity contribution is -0.126. The molecule has 0 bridgehead atoms. The van der Waals surface area contributed by atoms with Crippen LogP contribution in [0.4, 0.5) is 5.69 Å². The summed E-state index contributed by atoms with van der Waals surface area (Å²) in [6.45, 7) is 6.92. The topological polar surface area (TPSA) is 115 Å². The highest BCUT2D eigenvalue weighted by Gasteiger charge is 2.36. The highest BCUT2D eigenvalue weighted by molar-refractivity contribution is 6.12. The first-order valence-corrected chi connectivity index (χ1v) is 13.6. The molecule has 0 spiro atoms. The van der Waals surface area contributed by atoms with Crippen molar-refractivity contribution in [3.8, 4) is 5.88 Å². The van der Waals surface area contributed by atoms with Crippen molar-refractivity contribution in [2.45, 2.75) is 71.5 Å². The van der Waals surface area contributed by atoms with E-state index >= 15 is 0 Å². The van der Waals surface area contributed by atoms with Crippen LogP contribution in [0, 0.1) is 12.8 Å². The van der Waals surface area contributed by atoms with Crippen LogP contribution >= 0.6 is 0 Å². The number of carbonyl (C=O) groups is 2. The number of nitrogens with one attached hydrogen (secondary N) is 1. The summed E-state index contributed by atoms with van der Waals surface area (Å²) >= 11 is 0. The molecule has 0 radical (unpaired) electrons. The Morgan fingerprint density at radius 3 is 2.62 bits per heavy atom. The number of ether oxygens (including phenoxy) is 1. The van der Waals surface area contributed by atoms with E-state index in [-0.39, 0.29) is 29.8 Å². The van der Waals surface area contributed by atoms with E-state index in [2.05, 4.69) is 30.3 Å². The highest BCUT2D eigenvalue weighted by atomic mass is 16.5. The molecule has 39 heavy (non-hydrogen) atoms. The smallest absolute Gasteiger partial charge is 0.278 e. The maximum Gasteiger partial charge on any atom is 0.278 e. The molecule has 10 heteroatoms. The molecule has 10 nitrogen and oxygen atoms in total. The quantitative estimate of drug-likeness (QED) is 0.473. The maximum atomic E-state index is 13.1. The fourth-order valence-electron chi connectivity index (χ4n) is 5.26. The van der Waals surface area contributed by atoms with Gasteiger partial charge in [0, 0.05) is 47.8 Å². The number of fused-ring (bicyclic) bond motifs is 1. The predicted molar refractivity (Wildman–Crippen MR) is 148 cm³/mol. The third-order valence-electron chi connectivity index (χ3n) is 7.25. The van der Waals surface area contributed by atoms with E-state index in [9.17, 15) is 9.59 Å². The zero-order valence-corrected chi connectivity index (χ0v) is 22.7. The Morgan fingerprint density at radius 1 is 1.15 bits per heavy atom. The number of hydrogen-bond acceptors (Lipinski definition) is 6. The largest absolute Gasteiger partial charge is 0.476 e. The number of carbonyl (C=O) groups excluding carboxylic acids is 2. The number of amidine groups is 1. The molecule has 0 atom stereocenters. The third-order valence-corrected chi connectivity index (χ3v) is 7.25. The van der Waals surface area contributed by atoms with Crippen LogP contribution in [0.3, 0.4) is 0 Å². The Labute approximate surface area is 228 Å². The zero-order valence-electron chi connectivity index (χ0n) is 22.7. The molecule has 2 amide bonds. The molecular weight excluding hydrogens is 494 g/mol. The molecule has 1 aliphatic carbocycles. The minimum atomic E-state index is -0.259. The third kappa shape index (κ3) is 6.32. The minimum absolute atomic E-state index is 0.00780. The lowest BCUT2D eigenvalue weighted by atomic mass is 9.84. The van der Waals surface area contributed by atoms with Crippen molar-refractivity contribution in [1.29, 1.82) is 0 Å². The summed E-state index contributed by atoms with van der Waals surface area (Å²) in [5, 5.41) is 7.15. The van der Waals surface area contributed by atoms with Crippen molar-refractivity contribution in [2.75, 3.05) is 11.5 Å². The average molecular weight is 530 g/mol. The number of benzene rings is 1. The number of aliphatic imine (C=N–C) groups is 1. The summed E-state index contributed by atoms with van der Waals surface area (Å²) < 4.78 is 7.64. The highest BCUT2D eigenvalue weighted by Crippen LogP contribution is 2.38. The Balaban J connectivity index is 1.37. The standard InChI is InChI=1S/C29H35N7O3/c1-19(2)33-28(37)22-8-10-24(11-9-22)36-25-15-27(39-13-12-35-18-30-17-32-35)31-16-23(25)14-26(36)34-29(38)21-6-4-20(3)5-7-21/h4-7,15-19,22,24H,8-14H2,1-3H3,(H,33,37). The number of amides is 2. The van der Waals surface area contributed by atoms with Crippen LogP contribution < -0.4 is 15.0 Å². The number of aryl methyl sites for hydroxylation is 1. The normalized spacial score (nSPS) is 19.8. The number of aromatic nitrogens is 4. The van der Waals surface area contributed by atoms with E-state index in [1.807, 2.05) is 57.3 Å². The molecule has 204 valence electrons. The molecule has 1 fully saturated rings. The van der Waals surface area contributed by atoms with Crippen LogP contribution in [-0.2, 0) is 17.8 Å². The molecule has 1 N–H and O–H groups in total. The van der Waals surface area contributed by atoms with Crippen molar-refractivity contribution in [3.63, 3.8) is 0 Å². The summed E-state index contributed by atoms with van der Waals surface area (Å²) in [5.74, 6) is 1.10. The van der Waals surface area contributed by atoms with Crippen molar-refractivity contribution in [1.82, 2.24) is 25.1 Å². The van der Waals surface area contributed by atoms with Gasteiger partial charge in [0.15, 0.2) is 0 Å². The second kappa shape index (κ2) is 11.8. The molecular formula is C29H35N7O3. The first-order valence-electron chi connectivity index (χ1n) is 13.6. The molecule has 1 aromatic carbocycles. The molecule has 2 aromatic heterocycles. The number of pyridine rings is 1. The molecule has 1 saturated carbocycles. The monoisotopic (exact) mass is 529 g/mol. The van der Waals surface area contributed by atoms with Crippen LogP contribution in [0.2, 0.25) is 0 Å². The summed E-state index contributed by atoms with van der Waals surface area (Å²) in [6.07, 6.45) is 8.72. The van der Waals surface area contributed by atoms with E-state index in [0.29, 0.717) is 36.9 Å².